The van der Waals surface area contributed by atoms with E-state index in [9.17, 15) is 9.59 Å². The van der Waals surface area contributed by atoms with E-state index in [1.54, 1.807) is 0 Å². The zero-order chi connectivity index (χ0) is 15.4. The number of carbonyl (C=O) groups excluding carboxylic acids is 2. The zero-order valence-corrected chi connectivity index (χ0v) is 12.8. The number of piperidine rings is 1. The lowest BCUT2D eigenvalue weighted by Gasteiger charge is -2.28. The van der Waals surface area contributed by atoms with Crippen molar-refractivity contribution in [2.75, 3.05) is 7.05 Å². The van der Waals surface area contributed by atoms with Gasteiger partial charge in [-0.1, -0.05) is 12.1 Å². The molecule has 2 amide bonds. The predicted molar refractivity (Wildman–Crippen MR) is 79.8 cm³/mol. The third-order valence-electron chi connectivity index (χ3n) is 3.47. The van der Waals surface area contributed by atoms with E-state index in [0.29, 0.717) is 19.4 Å². The predicted octanol–water partition coefficient (Wildman–Crippen LogP) is 1.71. The van der Waals surface area contributed by atoms with Gasteiger partial charge in [0.15, 0.2) is 0 Å². The number of hydrogen-bond donors (Lipinski definition) is 1. The molecule has 0 bridgehead atoms. The molecule has 1 atom stereocenters. The van der Waals surface area contributed by atoms with Gasteiger partial charge >= 0.3 is 0 Å². The zero-order valence-electron chi connectivity index (χ0n) is 12.8. The molecule has 21 heavy (non-hydrogen) atoms. The first kappa shape index (κ1) is 15.5. The molecule has 5 nitrogen and oxygen atoms in total. The maximum atomic E-state index is 12.0. The molecule has 1 unspecified atom stereocenters. The summed E-state index contributed by atoms with van der Waals surface area (Å²) in [6.07, 6.45) is 1.11. The van der Waals surface area contributed by atoms with Crippen molar-refractivity contribution in [3.8, 4) is 5.75 Å². The number of likely N-dealkylation sites (tertiary alicyclic amines) is 1. The summed E-state index contributed by atoms with van der Waals surface area (Å²) in [5, 5.41) is 3.22. The van der Waals surface area contributed by atoms with Crippen LogP contribution in [-0.2, 0) is 16.1 Å². The van der Waals surface area contributed by atoms with Gasteiger partial charge in [-0.3, -0.25) is 14.5 Å². The summed E-state index contributed by atoms with van der Waals surface area (Å²) in [6, 6.07) is 7.52. The molecule has 1 aliphatic rings. The first-order valence-corrected chi connectivity index (χ1v) is 7.26. The highest BCUT2D eigenvalue weighted by Gasteiger charge is 2.31. The lowest BCUT2D eigenvalue weighted by Crippen LogP contribution is -2.51. The maximum absolute atomic E-state index is 12.0. The van der Waals surface area contributed by atoms with E-state index >= 15 is 0 Å². The first-order valence-electron chi connectivity index (χ1n) is 7.26. The fourth-order valence-corrected chi connectivity index (χ4v) is 2.35. The summed E-state index contributed by atoms with van der Waals surface area (Å²) in [6.45, 7) is 4.55. The molecule has 0 radical (unpaired) electrons. The van der Waals surface area contributed by atoms with Crippen LogP contribution in [0.2, 0.25) is 0 Å². The van der Waals surface area contributed by atoms with Crippen LogP contribution < -0.4 is 10.1 Å². The number of benzene rings is 1. The maximum Gasteiger partial charge on any atom is 0.246 e. The van der Waals surface area contributed by atoms with Crippen molar-refractivity contribution in [3.05, 3.63) is 29.8 Å². The normalized spacial score (nSPS) is 19.2. The van der Waals surface area contributed by atoms with Crippen LogP contribution in [0.5, 0.6) is 5.75 Å². The first-order chi connectivity index (χ1) is 9.97. The number of rotatable bonds is 5. The molecule has 1 fully saturated rings. The summed E-state index contributed by atoms with van der Waals surface area (Å²) in [5.41, 5.74) is 1.06. The van der Waals surface area contributed by atoms with E-state index in [2.05, 4.69) is 5.32 Å². The number of nitrogens with one attached hydrogen (secondary N) is 1. The van der Waals surface area contributed by atoms with Gasteiger partial charge in [0.05, 0.1) is 12.1 Å². The summed E-state index contributed by atoms with van der Waals surface area (Å²) >= 11 is 0. The van der Waals surface area contributed by atoms with Crippen LogP contribution >= 0.6 is 0 Å². The Morgan fingerprint density at radius 3 is 2.86 bits per heavy atom. The van der Waals surface area contributed by atoms with Gasteiger partial charge in [0.25, 0.3) is 0 Å². The lowest BCUT2D eigenvalue weighted by atomic mass is 10.0. The van der Waals surface area contributed by atoms with Crippen molar-refractivity contribution in [2.24, 2.45) is 0 Å². The van der Waals surface area contributed by atoms with E-state index in [1.165, 1.54) is 11.9 Å². The average molecular weight is 290 g/mol. The van der Waals surface area contributed by atoms with Crippen LogP contribution in [0.15, 0.2) is 24.3 Å². The van der Waals surface area contributed by atoms with Crippen LogP contribution in [0, 0.1) is 0 Å². The third kappa shape index (κ3) is 4.04. The van der Waals surface area contributed by atoms with Crippen LogP contribution in [0.1, 0.15) is 32.3 Å². The van der Waals surface area contributed by atoms with E-state index in [-0.39, 0.29) is 24.0 Å². The molecule has 0 spiro atoms. The highest BCUT2D eigenvalue weighted by atomic mass is 16.5. The van der Waals surface area contributed by atoms with Gasteiger partial charge in [-0.25, -0.2) is 0 Å². The Labute approximate surface area is 125 Å². The molecule has 1 aromatic rings. The number of imide groups is 1. The molecule has 114 valence electrons. The van der Waals surface area contributed by atoms with Gasteiger partial charge in [0.1, 0.15) is 5.75 Å². The molecule has 1 N–H and O–H groups in total. The van der Waals surface area contributed by atoms with Crippen molar-refractivity contribution < 1.29 is 14.3 Å². The van der Waals surface area contributed by atoms with E-state index in [4.69, 9.17) is 4.74 Å². The minimum atomic E-state index is -0.289. The van der Waals surface area contributed by atoms with Gasteiger partial charge in [-0.15, -0.1) is 0 Å². The molecule has 1 aromatic carbocycles. The number of hydrogen-bond acceptors (Lipinski definition) is 4. The topological polar surface area (TPSA) is 58.6 Å². The molecule has 1 heterocycles. The van der Waals surface area contributed by atoms with Crippen LogP contribution in [0.25, 0.3) is 0 Å². The molecule has 5 heteroatoms. The Bertz CT molecular complexity index is 528. The minimum absolute atomic E-state index is 0.106. The van der Waals surface area contributed by atoms with Gasteiger partial charge in [0, 0.05) is 20.0 Å². The molecule has 1 saturated heterocycles. The molecule has 0 aliphatic carbocycles. The Morgan fingerprint density at radius 1 is 1.38 bits per heavy atom. The van der Waals surface area contributed by atoms with Gasteiger partial charge in [0.2, 0.25) is 11.8 Å². The lowest BCUT2D eigenvalue weighted by molar-refractivity contribution is -0.148. The smallest absolute Gasteiger partial charge is 0.246 e. The van der Waals surface area contributed by atoms with Crippen LogP contribution in [-0.4, -0.2) is 35.9 Å². The minimum Gasteiger partial charge on any atom is -0.491 e. The second-order valence-corrected chi connectivity index (χ2v) is 5.58. The fraction of sp³-hybridized carbons (Fsp3) is 0.500. The molecular weight excluding hydrogens is 268 g/mol. The average Bonchev–Trinajstić information content (AvgIpc) is 2.44. The second kappa shape index (κ2) is 6.72. The third-order valence-corrected chi connectivity index (χ3v) is 3.47. The van der Waals surface area contributed by atoms with Crippen LogP contribution in [0.3, 0.4) is 0 Å². The Morgan fingerprint density at radius 2 is 2.14 bits per heavy atom. The van der Waals surface area contributed by atoms with E-state index in [1.807, 2.05) is 38.1 Å². The SMILES string of the molecule is CC(C)Oc1cccc(CNC2CCC(=O)N(C)C2=O)c1. The van der Waals surface area contributed by atoms with Gasteiger partial charge < -0.3 is 10.1 Å². The van der Waals surface area contributed by atoms with Crippen molar-refractivity contribution >= 4 is 11.8 Å². The Balaban J connectivity index is 1.94. The second-order valence-electron chi connectivity index (χ2n) is 5.58. The molecule has 1 aliphatic heterocycles. The van der Waals surface area contributed by atoms with Crippen molar-refractivity contribution in [3.63, 3.8) is 0 Å². The Hall–Kier alpha value is -1.88. The standard InChI is InChI=1S/C16H22N2O3/c1-11(2)21-13-6-4-5-12(9-13)10-17-14-7-8-15(19)18(3)16(14)20/h4-6,9,11,14,17H,7-8,10H2,1-3H3. The monoisotopic (exact) mass is 290 g/mol. The highest BCUT2D eigenvalue weighted by molar-refractivity contribution is 6.00. The van der Waals surface area contributed by atoms with Crippen molar-refractivity contribution in [1.29, 1.82) is 0 Å². The van der Waals surface area contributed by atoms with Crippen molar-refractivity contribution in [1.82, 2.24) is 10.2 Å². The summed E-state index contributed by atoms with van der Waals surface area (Å²) in [7, 11) is 1.54. The number of amides is 2. The number of carbonyl (C=O) groups is 2. The van der Waals surface area contributed by atoms with E-state index in [0.717, 1.165) is 11.3 Å². The number of likely N-dealkylation sites (N-methyl/N-ethyl adjacent to an activating group) is 1. The molecule has 0 aromatic heterocycles. The van der Waals surface area contributed by atoms with Crippen LogP contribution in [0.4, 0.5) is 0 Å². The Kier molecular flexibility index (Phi) is 4.96. The molecule has 2 rings (SSSR count). The van der Waals surface area contributed by atoms with Gasteiger partial charge in [-0.2, -0.15) is 0 Å². The summed E-state index contributed by atoms with van der Waals surface area (Å²) in [4.78, 5) is 24.6. The quantitative estimate of drug-likeness (QED) is 0.839. The highest BCUT2D eigenvalue weighted by Crippen LogP contribution is 2.16. The number of nitrogens with zero attached hydrogens (tertiary/aromatic N) is 1. The summed E-state index contributed by atoms with van der Waals surface area (Å²) in [5.74, 6) is 0.567. The van der Waals surface area contributed by atoms with Crippen molar-refractivity contribution in [2.45, 2.75) is 45.4 Å². The largest absolute Gasteiger partial charge is 0.491 e. The van der Waals surface area contributed by atoms with E-state index < -0.39 is 0 Å². The number of ether oxygens (including phenoxy) is 1. The fourth-order valence-electron chi connectivity index (χ4n) is 2.35. The summed E-state index contributed by atoms with van der Waals surface area (Å²) < 4.78 is 5.65. The molecular formula is C16H22N2O3. The molecule has 0 saturated carbocycles. The van der Waals surface area contributed by atoms with Gasteiger partial charge in [-0.05, 0) is 38.0 Å².